The Labute approximate surface area is 207 Å². The van der Waals surface area contributed by atoms with E-state index in [-0.39, 0.29) is 17.9 Å². The zero-order valence-corrected chi connectivity index (χ0v) is 21.0. The molecule has 8 heteroatoms. The monoisotopic (exact) mass is 480 g/mol. The number of hydrogen-bond donors (Lipinski definition) is 2. The number of amides is 4. The molecule has 1 aliphatic rings. The fourth-order valence-corrected chi connectivity index (χ4v) is 3.95. The van der Waals surface area contributed by atoms with Crippen molar-refractivity contribution in [2.75, 3.05) is 30.3 Å². The van der Waals surface area contributed by atoms with Crippen LogP contribution in [-0.4, -0.2) is 53.1 Å². The van der Waals surface area contributed by atoms with Crippen molar-refractivity contribution in [1.29, 1.82) is 0 Å². The molecule has 0 bridgehead atoms. The topological polar surface area (TPSA) is 91.0 Å². The highest BCUT2D eigenvalue weighted by Gasteiger charge is 2.29. The Morgan fingerprint density at radius 2 is 1.71 bits per heavy atom. The third-order valence-electron chi connectivity index (χ3n) is 5.77. The number of urea groups is 1. The highest BCUT2D eigenvalue weighted by atomic mass is 16.6. The Balaban J connectivity index is 1.63. The maximum absolute atomic E-state index is 13.1. The van der Waals surface area contributed by atoms with Gasteiger partial charge >= 0.3 is 12.1 Å². The van der Waals surface area contributed by atoms with E-state index in [2.05, 4.69) is 10.6 Å². The number of rotatable bonds is 6. The zero-order valence-electron chi connectivity index (χ0n) is 21.0. The van der Waals surface area contributed by atoms with E-state index in [1.807, 2.05) is 82.3 Å². The van der Waals surface area contributed by atoms with Crippen LogP contribution in [0.3, 0.4) is 0 Å². The summed E-state index contributed by atoms with van der Waals surface area (Å²) >= 11 is 0. The molecule has 8 nitrogen and oxygen atoms in total. The summed E-state index contributed by atoms with van der Waals surface area (Å²) in [6.45, 7) is 9.15. The summed E-state index contributed by atoms with van der Waals surface area (Å²) in [5.41, 5.74) is 1.62. The highest BCUT2D eigenvalue weighted by molar-refractivity contribution is 5.94. The second-order valence-corrected chi connectivity index (χ2v) is 9.72. The van der Waals surface area contributed by atoms with Crippen molar-refractivity contribution in [1.82, 2.24) is 9.80 Å². The van der Waals surface area contributed by atoms with Gasteiger partial charge in [0.2, 0.25) is 5.91 Å². The standard InChI is InChI=1S/C27H36N4O4/c1-5-30(26(34)35-27(2,3)4)18-20-12-9-10-16-23(20)29-24(32)21-13-11-17-31(19-21)25(33)28-22-14-7-6-8-15-22/h6-10,12,14-16,21H,5,11,13,17-19H2,1-4H3,(H,28,33)(H,29,32). The molecule has 3 rings (SSSR count). The molecule has 35 heavy (non-hydrogen) atoms. The number of benzene rings is 2. The summed E-state index contributed by atoms with van der Waals surface area (Å²) in [4.78, 5) is 41.7. The molecule has 0 spiro atoms. The van der Waals surface area contributed by atoms with Crippen LogP contribution in [0.1, 0.15) is 46.1 Å². The molecule has 1 unspecified atom stereocenters. The molecular formula is C27H36N4O4. The van der Waals surface area contributed by atoms with E-state index in [9.17, 15) is 14.4 Å². The minimum absolute atomic E-state index is 0.130. The van der Waals surface area contributed by atoms with Crippen molar-refractivity contribution < 1.29 is 19.1 Å². The molecule has 1 atom stereocenters. The molecule has 1 heterocycles. The fourth-order valence-electron chi connectivity index (χ4n) is 3.95. The van der Waals surface area contributed by atoms with Crippen LogP contribution in [0.2, 0.25) is 0 Å². The van der Waals surface area contributed by atoms with Crippen molar-refractivity contribution in [2.45, 2.75) is 52.7 Å². The third-order valence-corrected chi connectivity index (χ3v) is 5.77. The van der Waals surface area contributed by atoms with E-state index >= 15 is 0 Å². The van der Waals surface area contributed by atoms with Crippen molar-refractivity contribution >= 4 is 29.4 Å². The molecule has 1 fully saturated rings. The summed E-state index contributed by atoms with van der Waals surface area (Å²) < 4.78 is 5.51. The van der Waals surface area contributed by atoms with Gasteiger partial charge in [-0.05, 0) is 64.3 Å². The molecule has 188 valence electrons. The maximum atomic E-state index is 13.1. The van der Waals surface area contributed by atoms with Crippen LogP contribution in [0, 0.1) is 5.92 Å². The summed E-state index contributed by atoms with van der Waals surface area (Å²) in [5, 5.41) is 5.92. The van der Waals surface area contributed by atoms with Crippen molar-refractivity contribution in [3.8, 4) is 0 Å². The predicted molar refractivity (Wildman–Crippen MR) is 137 cm³/mol. The Bertz CT molecular complexity index is 1020. The van der Waals surface area contributed by atoms with E-state index in [0.29, 0.717) is 38.3 Å². The molecule has 2 aromatic rings. The van der Waals surface area contributed by atoms with Gasteiger partial charge in [0, 0.05) is 31.0 Å². The van der Waals surface area contributed by atoms with Crippen LogP contribution < -0.4 is 10.6 Å². The van der Waals surface area contributed by atoms with Gasteiger partial charge in [0.15, 0.2) is 0 Å². The number of ether oxygens (including phenoxy) is 1. The van der Waals surface area contributed by atoms with E-state index in [1.165, 1.54) is 0 Å². The van der Waals surface area contributed by atoms with Gasteiger partial charge < -0.3 is 25.2 Å². The largest absolute Gasteiger partial charge is 0.444 e. The highest BCUT2D eigenvalue weighted by Crippen LogP contribution is 2.23. The number of carbonyl (C=O) groups excluding carboxylic acids is 3. The SMILES string of the molecule is CCN(Cc1ccccc1NC(=O)C1CCCN(C(=O)Nc2ccccc2)C1)C(=O)OC(C)(C)C. The lowest BCUT2D eigenvalue weighted by molar-refractivity contribution is -0.121. The number of hydrogen-bond acceptors (Lipinski definition) is 4. The Kier molecular flexibility index (Phi) is 8.73. The van der Waals surface area contributed by atoms with Gasteiger partial charge in [0.25, 0.3) is 0 Å². The normalized spacial score (nSPS) is 15.8. The van der Waals surface area contributed by atoms with Crippen LogP contribution >= 0.6 is 0 Å². The number of nitrogens with zero attached hydrogens (tertiary/aromatic N) is 2. The van der Waals surface area contributed by atoms with Crippen molar-refractivity contribution in [3.05, 3.63) is 60.2 Å². The number of para-hydroxylation sites is 2. The van der Waals surface area contributed by atoms with Crippen LogP contribution in [0.5, 0.6) is 0 Å². The van der Waals surface area contributed by atoms with Crippen LogP contribution in [0.4, 0.5) is 21.0 Å². The second kappa shape index (κ2) is 11.7. The molecule has 1 saturated heterocycles. The molecular weight excluding hydrogens is 444 g/mol. The van der Waals surface area contributed by atoms with Gasteiger partial charge in [-0.1, -0.05) is 36.4 Å². The van der Waals surface area contributed by atoms with Gasteiger partial charge in [-0.15, -0.1) is 0 Å². The van der Waals surface area contributed by atoms with E-state index in [4.69, 9.17) is 4.74 Å². The summed E-state index contributed by atoms with van der Waals surface area (Å²) in [6.07, 6.45) is 1.07. The first kappa shape index (κ1) is 26.1. The lowest BCUT2D eigenvalue weighted by atomic mass is 9.97. The smallest absolute Gasteiger partial charge is 0.410 e. The summed E-state index contributed by atoms with van der Waals surface area (Å²) in [6, 6.07) is 16.5. The predicted octanol–water partition coefficient (Wildman–Crippen LogP) is 5.33. The molecule has 0 aliphatic carbocycles. The lowest BCUT2D eigenvalue weighted by Crippen LogP contribution is -2.45. The minimum Gasteiger partial charge on any atom is -0.444 e. The average molecular weight is 481 g/mol. The average Bonchev–Trinajstić information content (AvgIpc) is 2.83. The first-order valence-electron chi connectivity index (χ1n) is 12.1. The number of piperidine rings is 1. The quantitative estimate of drug-likeness (QED) is 0.585. The molecule has 0 radical (unpaired) electrons. The minimum atomic E-state index is -0.585. The number of anilines is 2. The van der Waals surface area contributed by atoms with E-state index < -0.39 is 11.7 Å². The molecule has 1 aliphatic heterocycles. The molecule has 2 aromatic carbocycles. The van der Waals surface area contributed by atoms with Gasteiger partial charge in [0.1, 0.15) is 5.60 Å². The first-order valence-corrected chi connectivity index (χ1v) is 12.1. The number of nitrogens with one attached hydrogen (secondary N) is 2. The van der Waals surface area contributed by atoms with Crippen LogP contribution in [0.15, 0.2) is 54.6 Å². The molecule has 0 saturated carbocycles. The van der Waals surface area contributed by atoms with Crippen molar-refractivity contribution in [3.63, 3.8) is 0 Å². The summed E-state index contributed by atoms with van der Waals surface area (Å²) in [5.74, 6) is -0.443. The molecule has 0 aromatic heterocycles. The van der Waals surface area contributed by atoms with Crippen molar-refractivity contribution in [2.24, 2.45) is 5.92 Å². The van der Waals surface area contributed by atoms with Gasteiger partial charge in [-0.3, -0.25) is 4.79 Å². The first-order chi connectivity index (χ1) is 16.7. The zero-order chi connectivity index (χ0) is 25.4. The van der Waals surface area contributed by atoms with Crippen LogP contribution in [-0.2, 0) is 16.1 Å². The van der Waals surface area contributed by atoms with Gasteiger partial charge in [-0.25, -0.2) is 9.59 Å². The molecule has 4 amide bonds. The van der Waals surface area contributed by atoms with E-state index in [0.717, 1.165) is 17.7 Å². The number of likely N-dealkylation sites (tertiary alicyclic amines) is 1. The molecule has 2 N–H and O–H groups in total. The van der Waals surface area contributed by atoms with Gasteiger partial charge in [-0.2, -0.15) is 0 Å². The van der Waals surface area contributed by atoms with Crippen LogP contribution in [0.25, 0.3) is 0 Å². The Morgan fingerprint density at radius 1 is 1.03 bits per heavy atom. The fraction of sp³-hybridized carbons (Fsp3) is 0.444. The maximum Gasteiger partial charge on any atom is 0.410 e. The Hall–Kier alpha value is -3.55. The Morgan fingerprint density at radius 3 is 2.40 bits per heavy atom. The lowest BCUT2D eigenvalue weighted by Gasteiger charge is -2.32. The third kappa shape index (κ3) is 7.73. The second-order valence-electron chi connectivity index (χ2n) is 9.72. The number of carbonyl (C=O) groups is 3. The van der Waals surface area contributed by atoms with E-state index in [1.54, 1.807) is 9.80 Å². The van der Waals surface area contributed by atoms with Gasteiger partial charge in [0.05, 0.1) is 12.5 Å². The summed E-state index contributed by atoms with van der Waals surface area (Å²) in [7, 11) is 0.